The monoisotopic (exact) mass is 514 g/mol. The molecule has 4 rings (SSSR count). The van der Waals surface area contributed by atoms with E-state index in [1.54, 1.807) is 54.6 Å². The van der Waals surface area contributed by atoms with Crippen LogP contribution in [0.5, 0.6) is 11.5 Å². The molecule has 38 heavy (non-hydrogen) atoms. The third kappa shape index (κ3) is 5.34. The zero-order valence-electron chi connectivity index (χ0n) is 21.3. The highest BCUT2D eigenvalue weighted by Gasteiger charge is 2.37. The van der Waals surface area contributed by atoms with Crippen molar-refractivity contribution in [1.29, 1.82) is 0 Å². The molecular weight excluding hydrogens is 487 g/mol. The highest BCUT2D eigenvalue weighted by molar-refractivity contribution is 6.39. The second-order valence-electron chi connectivity index (χ2n) is 8.81. The fourth-order valence-electron chi connectivity index (χ4n) is 4.08. The van der Waals surface area contributed by atoms with Crippen molar-refractivity contribution in [2.75, 3.05) is 12.0 Å². The molecule has 1 heterocycles. The van der Waals surface area contributed by atoms with E-state index in [1.165, 1.54) is 19.3 Å². The maximum atomic E-state index is 14.1. The van der Waals surface area contributed by atoms with Crippen molar-refractivity contribution in [2.45, 2.75) is 26.9 Å². The Labute approximate surface area is 220 Å². The van der Waals surface area contributed by atoms with E-state index in [2.05, 4.69) is 11.9 Å². The lowest BCUT2D eigenvalue weighted by molar-refractivity contribution is -0.122. The third-order valence-electron chi connectivity index (χ3n) is 6.23. The summed E-state index contributed by atoms with van der Waals surface area (Å²) in [5.74, 6) is -1.21. The number of halogens is 1. The van der Waals surface area contributed by atoms with Gasteiger partial charge in [0, 0.05) is 11.1 Å². The quantitative estimate of drug-likeness (QED) is 0.246. The molecule has 1 saturated heterocycles. The summed E-state index contributed by atoms with van der Waals surface area (Å²) in [5.41, 5.74) is 3.56. The number of hydrogen-bond donors (Lipinski definition) is 1. The van der Waals surface area contributed by atoms with Crippen LogP contribution in [0.4, 0.5) is 14.9 Å². The number of urea groups is 1. The molecule has 3 aromatic carbocycles. The molecule has 194 valence electrons. The van der Waals surface area contributed by atoms with Gasteiger partial charge in [-0.3, -0.25) is 14.9 Å². The summed E-state index contributed by atoms with van der Waals surface area (Å²) in [4.78, 5) is 39.5. The highest BCUT2D eigenvalue weighted by atomic mass is 19.1. The highest BCUT2D eigenvalue weighted by Crippen LogP contribution is 2.35. The number of imide groups is 2. The number of anilines is 1. The zero-order valence-corrected chi connectivity index (χ0v) is 21.3. The number of ether oxygens (including phenoxy) is 2. The second kappa shape index (κ2) is 11.1. The van der Waals surface area contributed by atoms with Gasteiger partial charge in [0.2, 0.25) is 0 Å². The van der Waals surface area contributed by atoms with Gasteiger partial charge in [-0.15, -0.1) is 6.58 Å². The van der Waals surface area contributed by atoms with Crippen molar-refractivity contribution in [3.8, 4) is 11.5 Å². The van der Waals surface area contributed by atoms with Gasteiger partial charge in [-0.1, -0.05) is 30.3 Å². The lowest BCUT2D eigenvalue weighted by atomic mass is 10.0. The number of barbiturate groups is 1. The summed E-state index contributed by atoms with van der Waals surface area (Å²) in [5, 5.41) is 2.24. The summed E-state index contributed by atoms with van der Waals surface area (Å²) < 4.78 is 25.6. The minimum Gasteiger partial charge on any atom is -0.493 e. The molecule has 0 atom stereocenters. The summed E-state index contributed by atoms with van der Waals surface area (Å²) >= 11 is 0. The van der Waals surface area contributed by atoms with E-state index in [1.807, 2.05) is 13.8 Å². The summed E-state index contributed by atoms with van der Waals surface area (Å²) in [6.07, 6.45) is 3.45. The van der Waals surface area contributed by atoms with Crippen molar-refractivity contribution in [3.63, 3.8) is 0 Å². The van der Waals surface area contributed by atoms with Gasteiger partial charge in [0.1, 0.15) is 18.0 Å². The molecule has 0 aliphatic carbocycles. The smallest absolute Gasteiger partial charge is 0.335 e. The van der Waals surface area contributed by atoms with Gasteiger partial charge in [-0.05, 0) is 73.4 Å². The maximum Gasteiger partial charge on any atom is 0.335 e. The van der Waals surface area contributed by atoms with Crippen LogP contribution in [0.25, 0.3) is 6.08 Å². The van der Waals surface area contributed by atoms with Crippen LogP contribution in [0.15, 0.2) is 72.8 Å². The number of aryl methyl sites for hydroxylation is 2. The van der Waals surface area contributed by atoms with Crippen LogP contribution < -0.4 is 19.7 Å². The first-order chi connectivity index (χ1) is 18.2. The van der Waals surface area contributed by atoms with Crippen molar-refractivity contribution in [2.24, 2.45) is 0 Å². The number of benzene rings is 3. The Bertz CT molecular complexity index is 1480. The minimum atomic E-state index is -0.817. The number of amides is 4. The number of carbonyl (C=O) groups is 3. The summed E-state index contributed by atoms with van der Waals surface area (Å²) in [6.45, 7) is 7.55. The second-order valence-corrected chi connectivity index (χ2v) is 8.81. The van der Waals surface area contributed by atoms with E-state index in [0.717, 1.165) is 16.0 Å². The molecule has 1 fully saturated rings. The first-order valence-electron chi connectivity index (χ1n) is 11.9. The number of hydrogen-bond acceptors (Lipinski definition) is 5. The largest absolute Gasteiger partial charge is 0.493 e. The molecule has 0 spiro atoms. The molecule has 8 heteroatoms. The fourth-order valence-corrected chi connectivity index (χ4v) is 4.08. The first-order valence-corrected chi connectivity index (χ1v) is 11.9. The normalized spacial score (nSPS) is 14.5. The Morgan fingerprint density at radius 1 is 1.00 bits per heavy atom. The van der Waals surface area contributed by atoms with Crippen LogP contribution in [0.2, 0.25) is 0 Å². The van der Waals surface area contributed by atoms with E-state index in [9.17, 15) is 18.8 Å². The molecule has 1 aliphatic rings. The summed E-state index contributed by atoms with van der Waals surface area (Å²) in [6, 6.07) is 14.0. The van der Waals surface area contributed by atoms with E-state index in [0.29, 0.717) is 40.3 Å². The molecule has 1 N–H and O–H groups in total. The summed E-state index contributed by atoms with van der Waals surface area (Å²) in [7, 11) is 1.46. The predicted octanol–water partition coefficient (Wildman–Crippen LogP) is 5.43. The topological polar surface area (TPSA) is 84.9 Å². The fraction of sp³-hybridized carbons (Fsp3) is 0.167. The third-order valence-corrected chi connectivity index (χ3v) is 6.23. The minimum absolute atomic E-state index is 0.0262. The van der Waals surface area contributed by atoms with Gasteiger partial charge < -0.3 is 9.47 Å². The number of methoxy groups -OCH3 is 1. The van der Waals surface area contributed by atoms with E-state index in [4.69, 9.17) is 9.47 Å². The molecule has 0 unspecified atom stereocenters. The number of nitrogens with zero attached hydrogens (tertiary/aromatic N) is 1. The van der Waals surface area contributed by atoms with Crippen LogP contribution >= 0.6 is 0 Å². The number of allylic oxidation sites excluding steroid dienone is 1. The van der Waals surface area contributed by atoms with Gasteiger partial charge in [0.25, 0.3) is 11.8 Å². The van der Waals surface area contributed by atoms with Crippen LogP contribution in [0.3, 0.4) is 0 Å². The van der Waals surface area contributed by atoms with Crippen LogP contribution in [-0.2, 0) is 22.6 Å². The van der Waals surface area contributed by atoms with Crippen LogP contribution in [-0.4, -0.2) is 25.0 Å². The van der Waals surface area contributed by atoms with E-state index >= 15 is 0 Å². The number of carbonyl (C=O) groups excluding carboxylic acids is 3. The number of nitrogens with one attached hydrogen (secondary N) is 1. The Morgan fingerprint density at radius 2 is 1.76 bits per heavy atom. The Kier molecular flexibility index (Phi) is 7.71. The Balaban J connectivity index is 1.71. The van der Waals surface area contributed by atoms with Crippen molar-refractivity contribution < 1.29 is 28.2 Å². The molecule has 4 amide bonds. The number of rotatable bonds is 8. The standard InChI is InChI=1S/C30H27FN2O5/c1-5-8-21-14-20(16-26(37-4)27(21)38-17-22-9-6-7-10-25(22)31)15-24-28(34)32-30(36)33(29(24)35)23-12-11-18(2)19(3)13-23/h5-7,9-16H,1,8,17H2,2-4H3,(H,32,34,36)/b24-15+. The van der Waals surface area contributed by atoms with Gasteiger partial charge in [-0.2, -0.15) is 0 Å². The molecule has 0 radical (unpaired) electrons. The molecular formula is C30H27FN2O5. The average molecular weight is 515 g/mol. The predicted molar refractivity (Wildman–Crippen MR) is 143 cm³/mol. The lowest BCUT2D eigenvalue weighted by Crippen LogP contribution is -2.54. The van der Waals surface area contributed by atoms with Crippen molar-refractivity contribution >= 4 is 29.6 Å². The van der Waals surface area contributed by atoms with Crippen LogP contribution in [0, 0.1) is 19.7 Å². The van der Waals surface area contributed by atoms with Gasteiger partial charge in [0.15, 0.2) is 11.5 Å². The van der Waals surface area contributed by atoms with E-state index < -0.39 is 17.8 Å². The maximum absolute atomic E-state index is 14.1. The van der Waals surface area contributed by atoms with Crippen molar-refractivity contribution in [3.05, 3.63) is 106 Å². The SMILES string of the molecule is C=CCc1cc(/C=C2\C(=O)NC(=O)N(c3ccc(C)c(C)c3)C2=O)cc(OC)c1OCc1ccccc1F. The molecule has 7 nitrogen and oxygen atoms in total. The lowest BCUT2D eigenvalue weighted by Gasteiger charge is -2.27. The van der Waals surface area contributed by atoms with Crippen molar-refractivity contribution in [1.82, 2.24) is 5.32 Å². The van der Waals surface area contributed by atoms with Crippen LogP contribution in [0.1, 0.15) is 27.8 Å². The van der Waals surface area contributed by atoms with Gasteiger partial charge in [0.05, 0.1) is 12.8 Å². The molecule has 0 aromatic heterocycles. The molecule has 1 aliphatic heterocycles. The average Bonchev–Trinajstić information content (AvgIpc) is 2.88. The van der Waals surface area contributed by atoms with Gasteiger partial charge in [-0.25, -0.2) is 14.1 Å². The Hall–Kier alpha value is -4.72. The first kappa shape index (κ1) is 26.3. The zero-order chi connectivity index (χ0) is 27.4. The van der Waals surface area contributed by atoms with E-state index in [-0.39, 0.29) is 18.0 Å². The molecule has 0 bridgehead atoms. The Morgan fingerprint density at radius 3 is 2.45 bits per heavy atom. The van der Waals surface area contributed by atoms with Gasteiger partial charge >= 0.3 is 6.03 Å². The molecule has 3 aromatic rings. The molecule has 0 saturated carbocycles.